The highest BCUT2D eigenvalue weighted by Crippen LogP contribution is 2.15. The Hall–Kier alpha value is -2.93. The van der Waals surface area contributed by atoms with Gasteiger partial charge in [0.2, 0.25) is 17.7 Å². The second kappa shape index (κ2) is 12.2. The maximum absolute atomic E-state index is 13.2. The molecule has 0 saturated carbocycles. The van der Waals surface area contributed by atoms with Gasteiger partial charge in [0, 0.05) is 39.1 Å². The van der Waals surface area contributed by atoms with E-state index in [9.17, 15) is 14.4 Å². The van der Waals surface area contributed by atoms with E-state index in [1.165, 1.54) is 4.90 Å². The molecule has 0 unspecified atom stereocenters. The van der Waals surface area contributed by atoms with Crippen LogP contribution in [0.4, 0.5) is 0 Å². The number of hydrogen-bond acceptors (Lipinski definition) is 6. The molecule has 2 N–H and O–H groups in total. The van der Waals surface area contributed by atoms with Crippen LogP contribution in [0.15, 0.2) is 30.3 Å². The highest BCUT2D eigenvalue weighted by atomic mass is 16.5. The molecule has 2 aliphatic rings. The van der Waals surface area contributed by atoms with Crippen molar-refractivity contribution in [1.82, 2.24) is 20.4 Å². The Morgan fingerprint density at radius 2 is 1.81 bits per heavy atom. The van der Waals surface area contributed by atoms with Crippen LogP contribution >= 0.6 is 0 Å². The third-order valence-electron chi connectivity index (χ3n) is 5.43. The monoisotopic (exact) mass is 442 g/mol. The van der Waals surface area contributed by atoms with Crippen LogP contribution in [-0.4, -0.2) is 92.2 Å². The summed E-state index contributed by atoms with van der Waals surface area (Å²) < 4.78 is 10.8. The van der Waals surface area contributed by atoms with Crippen molar-refractivity contribution in [3.8, 4) is 12.3 Å². The van der Waals surface area contributed by atoms with Gasteiger partial charge in [-0.2, -0.15) is 0 Å². The van der Waals surface area contributed by atoms with Crippen LogP contribution in [0.1, 0.15) is 12.0 Å². The number of piperazine rings is 1. The third-order valence-corrected chi connectivity index (χ3v) is 5.43. The zero-order chi connectivity index (χ0) is 22.8. The van der Waals surface area contributed by atoms with Crippen molar-refractivity contribution in [2.24, 2.45) is 0 Å². The molecule has 9 heteroatoms. The maximum Gasteiger partial charge on any atom is 0.249 e. The zero-order valence-corrected chi connectivity index (χ0v) is 18.1. The Kier molecular flexibility index (Phi) is 9.04. The van der Waals surface area contributed by atoms with Gasteiger partial charge in [0.1, 0.15) is 18.7 Å². The fourth-order valence-electron chi connectivity index (χ4n) is 3.77. The molecule has 0 bridgehead atoms. The van der Waals surface area contributed by atoms with Gasteiger partial charge in [-0.3, -0.25) is 19.3 Å². The van der Waals surface area contributed by atoms with Crippen LogP contribution in [0, 0.1) is 12.3 Å². The first kappa shape index (κ1) is 23.7. The van der Waals surface area contributed by atoms with Gasteiger partial charge in [-0.25, -0.2) is 0 Å². The first-order chi connectivity index (χ1) is 15.6. The van der Waals surface area contributed by atoms with Crippen molar-refractivity contribution < 1.29 is 23.9 Å². The lowest BCUT2D eigenvalue weighted by Crippen LogP contribution is -2.62. The second-order valence-electron chi connectivity index (χ2n) is 7.75. The van der Waals surface area contributed by atoms with Crippen molar-refractivity contribution in [2.75, 3.05) is 52.6 Å². The molecule has 3 rings (SSSR count). The lowest BCUT2D eigenvalue weighted by molar-refractivity contribution is -0.148. The fourth-order valence-corrected chi connectivity index (χ4v) is 3.77. The average Bonchev–Trinajstić information content (AvgIpc) is 2.80. The molecule has 9 nitrogen and oxygen atoms in total. The predicted molar refractivity (Wildman–Crippen MR) is 117 cm³/mol. The Balaban J connectivity index is 1.77. The minimum Gasteiger partial charge on any atom is -0.377 e. The smallest absolute Gasteiger partial charge is 0.249 e. The SMILES string of the molecule is C#CC[C@H]1NC(=O)[C@@H]2CN(Cc3ccccc3)CCN2C(=O)COCCOCCNC1=O. The van der Waals surface area contributed by atoms with Gasteiger partial charge in [-0.1, -0.05) is 30.3 Å². The van der Waals surface area contributed by atoms with Gasteiger partial charge in [0.25, 0.3) is 0 Å². The number of nitrogens with one attached hydrogen (secondary N) is 2. The number of amides is 3. The number of fused-ring (bicyclic) bond motifs is 1. The van der Waals surface area contributed by atoms with E-state index in [2.05, 4.69) is 21.5 Å². The molecule has 172 valence electrons. The molecular formula is C23H30N4O5. The second-order valence-corrected chi connectivity index (χ2v) is 7.75. The lowest BCUT2D eigenvalue weighted by Gasteiger charge is -2.41. The maximum atomic E-state index is 13.2. The molecule has 0 radical (unpaired) electrons. The topological polar surface area (TPSA) is 100 Å². The normalized spacial score (nSPS) is 24.3. The Bertz CT molecular complexity index is 825. The van der Waals surface area contributed by atoms with E-state index < -0.39 is 18.0 Å². The van der Waals surface area contributed by atoms with Crippen molar-refractivity contribution in [1.29, 1.82) is 0 Å². The van der Waals surface area contributed by atoms with E-state index in [0.717, 1.165) is 5.56 Å². The molecule has 0 aromatic heterocycles. The molecule has 3 amide bonds. The van der Waals surface area contributed by atoms with E-state index in [4.69, 9.17) is 15.9 Å². The van der Waals surface area contributed by atoms with Crippen LogP contribution in [0.5, 0.6) is 0 Å². The van der Waals surface area contributed by atoms with Gasteiger partial charge < -0.3 is 25.0 Å². The van der Waals surface area contributed by atoms with E-state index in [0.29, 0.717) is 39.4 Å². The zero-order valence-electron chi connectivity index (χ0n) is 18.1. The van der Waals surface area contributed by atoms with Gasteiger partial charge in [0.15, 0.2) is 0 Å². The minimum absolute atomic E-state index is 0.0515. The van der Waals surface area contributed by atoms with E-state index in [1.54, 1.807) is 0 Å². The van der Waals surface area contributed by atoms with Crippen molar-refractivity contribution in [2.45, 2.75) is 25.0 Å². The number of nitrogens with zero attached hydrogens (tertiary/aromatic N) is 2. The summed E-state index contributed by atoms with van der Waals surface area (Å²) in [6.07, 6.45) is 5.47. The summed E-state index contributed by atoms with van der Waals surface area (Å²) in [6.45, 7) is 3.04. The predicted octanol–water partition coefficient (Wildman–Crippen LogP) is -0.629. The largest absolute Gasteiger partial charge is 0.377 e. The average molecular weight is 443 g/mol. The van der Waals surface area contributed by atoms with Crippen molar-refractivity contribution in [3.05, 3.63) is 35.9 Å². The Labute approximate surface area is 188 Å². The number of carbonyl (C=O) groups excluding carboxylic acids is 3. The first-order valence-corrected chi connectivity index (χ1v) is 10.8. The standard InChI is InChI=1S/C23H30N4O5/c1-2-6-19-22(29)24-9-12-31-13-14-32-17-21(28)27-11-10-26(16-20(27)23(30)25-19)15-18-7-4-3-5-8-18/h1,3-5,7-8,19-20H,6,9-17H2,(H,24,29)(H,25,30)/t19-,20+/m1/s1. The molecule has 2 fully saturated rings. The van der Waals surface area contributed by atoms with Gasteiger partial charge in [0.05, 0.1) is 19.8 Å². The molecule has 2 atom stereocenters. The summed E-state index contributed by atoms with van der Waals surface area (Å²) in [6, 6.07) is 8.31. The molecule has 1 aromatic carbocycles. The van der Waals surface area contributed by atoms with Crippen LogP contribution < -0.4 is 10.6 Å². The van der Waals surface area contributed by atoms with Gasteiger partial charge in [-0.05, 0) is 5.56 Å². The van der Waals surface area contributed by atoms with E-state index in [1.807, 2.05) is 30.3 Å². The molecule has 32 heavy (non-hydrogen) atoms. The highest BCUT2D eigenvalue weighted by molar-refractivity contribution is 5.92. The fraction of sp³-hybridized carbons (Fsp3) is 0.522. The van der Waals surface area contributed by atoms with Crippen LogP contribution in [0.2, 0.25) is 0 Å². The highest BCUT2D eigenvalue weighted by Gasteiger charge is 2.36. The van der Waals surface area contributed by atoms with Crippen molar-refractivity contribution >= 4 is 17.7 Å². The van der Waals surface area contributed by atoms with Gasteiger partial charge >= 0.3 is 0 Å². The van der Waals surface area contributed by atoms with Crippen LogP contribution in [0.25, 0.3) is 0 Å². The van der Waals surface area contributed by atoms with E-state index >= 15 is 0 Å². The molecule has 0 aliphatic carbocycles. The number of ether oxygens (including phenoxy) is 2. The molecule has 2 heterocycles. The molecule has 1 aromatic rings. The first-order valence-electron chi connectivity index (χ1n) is 10.8. The summed E-state index contributed by atoms with van der Waals surface area (Å²) in [5, 5.41) is 5.47. The summed E-state index contributed by atoms with van der Waals surface area (Å²) in [5.74, 6) is 1.39. The van der Waals surface area contributed by atoms with Crippen LogP contribution in [-0.2, 0) is 30.4 Å². The van der Waals surface area contributed by atoms with Crippen molar-refractivity contribution in [3.63, 3.8) is 0 Å². The van der Waals surface area contributed by atoms with E-state index in [-0.39, 0.29) is 38.0 Å². The number of hydrogen-bond donors (Lipinski definition) is 2. The summed E-state index contributed by atoms with van der Waals surface area (Å²) in [4.78, 5) is 42.2. The molecule has 0 spiro atoms. The Morgan fingerprint density at radius 1 is 1.03 bits per heavy atom. The number of rotatable bonds is 3. The number of carbonyl (C=O) groups is 3. The van der Waals surface area contributed by atoms with Crippen LogP contribution in [0.3, 0.4) is 0 Å². The minimum atomic E-state index is -0.879. The van der Waals surface area contributed by atoms with Gasteiger partial charge in [-0.15, -0.1) is 12.3 Å². The summed E-state index contributed by atoms with van der Waals surface area (Å²) in [5.41, 5.74) is 1.12. The summed E-state index contributed by atoms with van der Waals surface area (Å²) >= 11 is 0. The number of benzene rings is 1. The number of terminal acetylenes is 1. The molecular weight excluding hydrogens is 412 g/mol. The lowest BCUT2D eigenvalue weighted by atomic mass is 10.1. The summed E-state index contributed by atoms with van der Waals surface area (Å²) in [7, 11) is 0. The quantitative estimate of drug-likeness (QED) is 0.605. The third kappa shape index (κ3) is 6.79. The Morgan fingerprint density at radius 3 is 2.59 bits per heavy atom. The molecule has 2 saturated heterocycles. The molecule has 2 aliphatic heterocycles.